The van der Waals surface area contributed by atoms with E-state index in [-0.39, 0.29) is 12.2 Å². The first-order valence-electron chi connectivity index (χ1n) is 3.98. The van der Waals surface area contributed by atoms with Crippen LogP contribution in [0.2, 0.25) is 0 Å². The molecule has 0 amide bonds. The first-order valence-corrected chi connectivity index (χ1v) is 3.98. The Hall–Kier alpha value is -1.65. The van der Waals surface area contributed by atoms with Gasteiger partial charge in [-0.25, -0.2) is 13.6 Å². The second-order valence-corrected chi connectivity index (χ2v) is 2.57. The van der Waals surface area contributed by atoms with Crippen LogP contribution in [0, 0.1) is 11.6 Å². The highest BCUT2D eigenvalue weighted by Crippen LogP contribution is 2.18. The molecule has 0 aliphatic carbocycles. The van der Waals surface area contributed by atoms with Crippen LogP contribution in [0.5, 0.6) is 0 Å². The monoisotopic (exact) mass is 201 g/mol. The molecule has 0 aliphatic heterocycles. The average molecular weight is 201 g/mol. The van der Waals surface area contributed by atoms with E-state index < -0.39 is 23.3 Å². The van der Waals surface area contributed by atoms with Crippen molar-refractivity contribution in [2.75, 3.05) is 12.3 Å². The second-order valence-electron chi connectivity index (χ2n) is 2.57. The highest BCUT2D eigenvalue weighted by Gasteiger charge is 2.15. The SMILES string of the molecule is CCOC(=O)c1cc(F)cc(F)c1N. The fraction of sp³-hybridized carbons (Fsp3) is 0.222. The maximum atomic E-state index is 12.9. The van der Waals surface area contributed by atoms with Gasteiger partial charge in [0.25, 0.3) is 0 Å². The molecule has 3 nitrogen and oxygen atoms in total. The van der Waals surface area contributed by atoms with Crippen molar-refractivity contribution in [1.82, 2.24) is 0 Å². The number of benzene rings is 1. The third kappa shape index (κ3) is 1.99. The van der Waals surface area contributed by atoms with Gasteiger partial charge in [0.1, 0.15) is 11.6 Å². The molecule has 0 atom stereocenters. The molecule has 0 fully saturated rings. The van der Waals surface area contributed by atoms with Crippen molar-refractivity contribution in [1.29, 1.82) is 0 Å². The van der Waals surface area contributed by atoms with Crippen LogP contribution in [0.15, 0.2) is 12.1 Å². The second kappa shape index (κ2) is 4.04. The van der Waals surface area contributed by atoms with Crippen molar-refractivity contribution in [3.8, 4) is 0 Å². The molecule has 0 aromatic heterocycles. The Morgan fingerprint density at radius 2 is 2.14 bits per heavy atom. The summed E-state index contributed by atoms with van der Waals surface area (Å²) in [4.78, 5) is 11.1. The maximum absolute atomic E-state index is 12.9. The van der Waals surface area contributed by atoms with Crippen LogP contribution in [-0.4, -0.2) is 12.6 Å². The Labute approximate surface area is 79.5 Å². The summed E-state index contributed by atoms with van der Waals surface area (Å²) in [7, 11) is 0. The van der Waals surface area contributed by atoms with E-state index >= 15 is 0 Å². The molecule has 0 radical (unpaired) electrons. The molecule has 5 heteroatoms. The van der Waals surface area contributed by atoms with E-state index in [9.17, 15) is 13.6 Å². The van der Waals surface area contributed by atoms with Crippen molar-refractivity contribution in [3.05, 3.63) is 29.3 Å². The number of esters is 1. The van der Waals surface area contributed by atoms with Gasteiger partial charge >= 0.3 is 5.97 Å². The van der Waals surface area contributed by atoms with E-state index in [0.29, 0.717) is 6.07 Å². The predicted molar refractivity (Wildman–Crippen MR) is 46.7 cm³/mol. The average Bonchev–Trinajstić information content (AvgIpc) is 2.11. The van der Waals surface area contributed by atoms with Gasteiger partial charge in [-0.15, -0.1) is 0 Å². The Kier molecular flexibility index (Phi) is 3.01. The van der Waals surface area contributed by atoms with E-state index in [4.69, 9.17) is 5.73 Å². The lowest BCUT2D eigenvalue weighted by Crippen LogP contribution is -2.10. The van der Waals surface area contributed by atoms with Crippen LogP contribution in [0.3, 0.4) is 0 Å². The van der Waals surface area contributed by atoms with E-state index in [2.05, 4.69) is 4.74 Å². The van der Waals surface area contributed by atoms with Crippen molar-refractivity contribution >= 4 is 11.7 Å². The Morgan fingerprint density at radius 3 is 2.71 bits per heavy atom. The van der Waals surface area contributed by atoms with Gasteiger partial charge in [-0.1, -0.05) is 0 Å². The smallest absolute Gasteiger partial charge is 0.340 e. The summed E-state index contributed by atoms with van der Waals surface area (Å²) >= 11 is 0. The highest BCUT2D eigenvalue weighted by atomic mass is 19.1. The van der Waals surface area contributed by atoms with E-state index in [1.54, 1.807) is 6.92 Å². The zero-order chi connectivity index (χ0) is 10.7. The van der Waals surface area contributed by atoms with Crippen LogP contribution in [0.4, 0.5) is 14.5 Å². The Morgan fingerprint density at radius 1 is 1.50 bits per heavy atom. The highest BCUT2D eigenvalue weighted by molar-refractivity contribution is 5.95. The number of halogens is 2. The molecular weight excluding hydrogens is 192 g/mol. The molecular formula is C9H9F2NO2. The number of nitrogens with two attached hydrogens (primary N) is 1. The normalized spacial score (nSPS) is 9.93. The number of rotatable bonds is 2. The molecule has 1 aromatic carbocycles. The fourth-order valence-corrected chi connectivity index (χ4v) is 0.962. The van der Waals surface area contributed by atoms with Gasteiger partial charge in [-0.3, -0.25) is 0 Å². The van der Waals surface area contributed by atoms with Gasteiger partial charge in [0.05, 0.1) is 17.9 Å². The van der Waals surface area contributed by atoms with E-state index in [1.807, 2.05) is 0 Å². The number of nitrogen functional groups attached to an aromatic ring is 1. The van der Waals surface area contributed by atoms with Gasteiger partial charge in [0, 0.05) is 6.07 Å². The minimum absolute atomic E-state index is 0.121. The summed E-state index contributed by atoms with van der Waals surface area (Å²) in [5.41, 5.74) is 4.55. The van der Waals surface area contributed by atoms with Crippen LogP contribution in [0.25, 0.3) is 0 Å². The third-order valence-electron chi connectivity index (χ3n) is 1.59. The molecule has 1 rings (SSSR count). The lowest BCUT2D eigenvalue weighted by molar-refractivity contribution is 0.0526. The summed E-state index contributed by atoms with van der Waals surface area (Å²) in [5, 5.41) is 0. The predicted octanol–water partition coefficient (Wildman–Crippen LogP) is 1.72. The molecule has 0 aliphatic rings. The van der Waals surface area contributed by atoms with Gasteiger partial charge in [-0.2, -0.15) is 0 Å². The van der Waals surface area contributed by atoms with Crippen molar-refractivity contribution in [2.45, 2.75) is 6.92 Å². The minimum atomic E-state index is -0.965. The van der Waals surface area contributed by atoms with Crippen LogP contribution >= 0.6 is 0 Å². The van der Waals surface area contributed by atoms with Gasteiger partial charge in [-0.05, 0) is 13.0 Å². The molecule has 76 valence electrons. The number of anilines is 1. The van der Waals surface area contributed by atoms with Crippen molar-refractivity contribution < 1.29 is 18.3 Å². The Balaban J connectivity index is 3.13. The van der Waals surface area contributed by atoms with E-state index in [0.717, 1.165) is 6.07 Å². The molecule has 2 N–H and O–H groups in total. The fourth-order valence-electron chi connectivity index (χ4n) is 0.962. The standard InChI is InChI=1S/C9H9F2NO2/c1-2-14-9(13)6-3-5(10)4-7(11)8(6)12/h3-4H,2,12H2,1H3. The summed E-state index contributed by atoms with van der Waals surface area (Å²) in [6.07, 6.45) is 0. The number of carbonyl (C=O) groups excluding carboxylic acids is 1. The van der Waals surface area contributed by atoms with Crippen LogP contribution in [0.1, 0.15) is 17.3 Å². The van der Waals surface area contributed by atoms with Crippen LogP contribution in [-0.2, 0) is 4.74 Å². The zero-order valence-electron chi connectivity index (χ0n) is 7.51. The zero-order valence-corrected chi connectivity index (χ0v) is 7.51. The molecule has 1 aromatic rings. The third-order valence-corrected chi connectivity index (χ3v) is 1.59. The molecule has 0 saturated carbocycles. The number of carbonyl (C=O) groups is 1. The molecule has 0 saturated heterocycles. The van der Waals surface area contributed by atoms with Gasteiger partial charge < -0.3 is 10.5 Å². The lowest BCUT2D eigenvalue weighted by atomic mass is 10.1. The molecule has 0 bridgehead atoms. The first-order chi connectivity index (χ1) is 6.56. The molecule has 0 heterocycles. The van der Waals surface area contributed by atoms with Crippen molar-refractivity contribution in [2.24, 2.45) is 0 Å². The quantitative estimate of drug-likeness (QED) is 0.585. The van der Waals surface area contributed by atoms with Gasteiger partial charge in [0.2, 0.25) is 0 Å². The Bertz CT molecular complexity index is 366. The van der Waals surface area contributed by atoms with Gasteiger partial charge in [0.15, 0.2) is 0 Å². The first kappa shape index (κ1) is 10.4. The summed E-state index contributed by atoms with van der Waals surface area (Å²) in [6.45, 7) is 1.71. The molecule has 0 unspecified atom stereocenters. The van der Waals surface area contributed by atoms with E-state index in [1.165, 1.54) is 0 Å². The molecule has 0 spiro atoms. The summed E-state index contributed by atoms with van der Waals surface area (Å²) in [5.74, 6) is -2.66. The van der Waals surface area contributed by atoms with Crippen molar-refractivity contribution in [3.63, 3.8) is 0 Å². The van der Waals surface area contributed by atoms with Crippen LogP contribution < -0.4 is 5.73 Å². The summed E-state index contributed by atoms with van der Waals surface area (Å²) < 4.78 is 30.1. The largest absolute Gasteiger partial charge is 0.462 e. The maximum Gasteiger partial charge on any atom is 0.340 e. The summed E-state index contributed by atoms with van der Waals surface area (Å²) in [6, 6.07) is 1.45. The molecule has 14 heavy (non-hydrogen) atoms. The minimum Gasteiger partial charge on any atom is -0.462 e. The number of hydrogen-bond acceptors (Lipinski definition) is 3. The number of ether oxygens (including phenoxy) is 1. The number of hydrogen-bond donors (Lipinski definition) is 1. The lowest BCUT2D eigenvalue weighted by Gasteiger charge is -2.05. The topological polar surface area (TPSA) is 52.3 Å².